The predicted octanol–water partition coefficient (Wildman–Crippen LogP) is 3.31. The van der Waals surface area contributed by atoms with Crippen LogP contribution in [0, 0.1) is 13.8 Å². The fourth-order valence-corrected chi connectivity index (χ4v) is 4.61. The summed E-state index contributed by atoms with van der Waals surface area (Å²) in [4.78, 5) is 21.7. The number of nitrogens with one attached hydrogen (secondary N) is 1. The van der Waals surface area contributed by atoms with Gasteiger partial charge in [-0.05, 0) is 26.3 Å². The van der Waals surface area contributed by atoms with E-state index < -0.39 is 0 Å². The lowest BCUT2D eigenvalue weighted by molar-refractivity contribution is 0.918. The first kappa shape index (κ1) is 13.7. The smallest absolute Gasteiger partial charge is 0.259 e. The maximum atomic E-state index is 12.2. The van der Waals surface area contributed by atoms with E-state index in [2.05, 4.69) is 20.2 Å². The van der Waals surface area contributed by atoms with Gasteiger partial charge in [0.05, 0.1) is 10.6 Å². The number of aryl methyl sites for hydroxylation is 2. The fraction of sp³-hybridized carbons (Fsp3) is 0.333. The molecular weight excluding hydrogens is 312 g/mol. The second-order valence-electron chi connectivity index (χ2n) is 4.38. The highest BCUT2D eigenvalue weighted by atomic mass is 32.2. The molecule has 0 aliphatic heterocycles. The van der Waals surface area contributed by atoms with Crippen LogP contribution in [0.5, 0.6) is 0 Å². The van der Waals surface area contributed by atoms with Crippen LogP contribution in [0.2, 0.25) is 0 Å². The normalized spacial score (nSPS) is 12.9. The molecule has 1 unspecified atom stereocenters. The lowest BCUT2D eigenvalue weighted by atomic mass is 10.2. The van der Waals surface area contributed by atoms with Crippen LogP contribution in [0.25, 0.3) is 10.2 Å². The third kappa shape index (κ3) is 2.38. The first-order chi connectivity index (χ1) is 9.56. The summed E-state index contributed by atoms with van der Waals surface area (Å²) in [5.41, 5.74) is 2.66. The van der Waals surface area contributed by atoms with Crippen LogP contribution in [0.1, 0.15) is 28.4 Å². The molecule has 0 aromatic carbocycles. The van der Waals surface area contributed by atoms with Gasteiger partial charge in [-0.25, -0.2) is 4.98 Å². The van der Waals surface area contributed by atoms with Gasteiger partial charge in [0.25, 0.3) is 5.56 Å². The predicted molar refractivity (Wildman–Crippen MR) is 83.9 cm³/mol. The molecule has 3 aromatic heterocycles. The lowest BCUT2D eigenvalue weighted by Gasteiger charge is -2.07. The van der Waals surface area contributed by atoms with Crippen molar-refractivity contribution in [3.05, 3.63) is 32.1 Å². The molecule has 8 heteroatoms. The summed E-state index contributed by atoms with van der Waals surface area (Å²) in [6.45, 7) is 5.98. The van der Waals surface area contributed by atoms with Crippen LogP contribution < -0.4 is 5.56 Å². The maximum Gasteiger partial charge on any atom is 0.259 e. The highest BCUT2D eigenvalue weighted by Crippen LogP contribution is 2.34. The molecule has 0 saturated carbocycles. The van der Waals surface area contributed by atoms with Gasteiger partial charge >= 0.3 is 0 Å². The Morgan fingerprint density at radius 3 is 2.90 bits per heavy atom. The van der Waals surface area contributed by atoms with Gasteiger partial charge in [0, 0.05) is 4.88 Å². The summed E-state index contributed by atoms with van der Waals surface area (Å²) < 4.78 is 0.874. The van der Waals surface area contributed by atoms with Crippen molar-refractivity contribution in [3.63, 3.8) is 0 Å². The third-order valence-electron chi connectivity index (χ3n) is 3.06. The Morgan fingerprint density at radius 1 is 1.40 bits per heavy atom. The molecule has 104 valence electrons. The lowest BCUT2D eigenvalue weighted by Crippen LogP contribution is -2.12. The molecule has 0 bridgehead atoms. The zero-order valence-corrected chi connectivity index (χ0v) is 13.6. The van der Waals surface area contributed by atoms with E-state index in [-0.39, 0.29) is 10.8 Å². The van der Waals surface area contributed by atoms with Crippen LogP contribution in [0.4, 0.5) is 0 Å². The molecule has 0 fully saturated rings. The highest BCUT2D eigenvalue weighted by molar-refractivity contribution is 8.01. The minimum absolute atomic E-state index is 0.0303. The summed E-state index contributed by atoms with van der Waals surface area (Å²) in [5, 5.41) is 8.55. The molecule has 1 N–H and O–H groups in total. The average molecular weight is 324 g/mol. The van der Waals surface area contributed by atoms with E-state index in [1.807, 2.05) is 20.8 Å². The van der Waals surface area contributed by atoms with Crippen molar-refractivity contribution < 1.29 is 0 Å². The van der Waals surface area contributed by atoms with Gasteiger partial charge in [-0.1, -0.05) is 23.1 Å². The van der Waals surface area contributed by atoms with Crippen molar-refractivity contribution in [2.45, 2.75) is 30.4 Å². The Kier molecular flexibility index (Phi) is 3.61. The number of aromatic nitrogens is 4. The summed E-state index contributed by atoms with van der Waals surface area (Å²) in [6, 6.07) is 0. The van der Waals surface area contributed by atoms with Gasteiger partial charge in [-0.3, -0.25) is 4.79 Å². The van der Waals surface area contributed by atoms with E-state index in [1.165, 1.54) is 11.3 Å². The second kappa shape index (κ2) is 5.27. The average Bonchev–Trinajstić information content (AvgIpc) is 2.99. The third-order valence-corrected chi connectivity index (χ3v) is 6.08. The van der Waals surface area contributed by atoms with Gasteiger partial charge in [0.2, 0.25) is 0 Å². The minimum Gasteiger partial charge on any atom is -0.309 e. The summed E-state index contributed by atoms with van der Waals surface area (Å²) in [7, 11) is 0. The molecule has 3 heterocycles. The van der Waals surface area contributed by atoms with Crippen LogP contribution in [0.3, 0.4) is 0 Å². The first-order valence-electron chi connectivity index (χ1n) is 5.99. The SMILES string of the molecule is Cc1sc2nc(C(C)Sc3nncs3)[nH]c(=O)c2c1C. The molecule has 5 nitrogen and oxygen atoms in total. The van der Waals surface area contributed by atoms with Gasteiger partial charge in [0.15, 0.2) is 4.34 Å². The Morgan fingerprint density at radius 2 is 2.20 bits per heavy atom. The molecule has 0 amide bonds. The summed E-state index contributed by atoms with van der Waals surface area (Å²) in [5.74, 6) is 0.684. The van der Waals surface area contributed by atoms with E-state index in [0.717, 1.165) is 19.6 Å². The van der Waals surface area contributed by atoms with Crippen molar-refractivity contribution in [1.29, 1.82) is 0 Å². The van der Waals surface area contributed by atoms with Crippen LogP contribution >= 0.6 is 34.4 Å². The van der Waals surface area contributed by atoms with Gasteiger partial charge in [0.1, 0.15) is 16.2 Å². The first-order valence-corrected chi connectivity index (χ1v) is 8.56. The van der Waals surface area contributed by atoms with Crippen molar-refractivity contribution >= 4 is 44.7 Å². The molecule has 20 heavy (non-hydrogen) atoms. The number of thioether (sulfide) groups is 1. The number of H-pyrrole nitrogens is 1. The zero-order valence-electron chi connectivity index (χ0n) is 11.1. The fourth-order valence-electron chi connectivity index (χ4n) is 1.89. The molecular formula is C12H12N4OS3. The van der Waals surface area contributed by atoms with Crippen LogP contribution in [0.15, 0.2) is 14.6 Å². The molecule has 3 rings (SSSR count). The van der Waals surface area contributed by atoms with Crippen molar-refractivity contribution in [1.82, 2.24) is 20.2 Å². The Hall–Kier alpha value is -1.25. The van der Waals surface area contributed by atoms with Crippen LogP contribution in [-0.4, -0.2) is 20.2 Å². The highest BCUT2D eigenvalue weighted by Gasteiger charge is 2.16. The number of fused-ring (bicyclic) bond motifs is 1. The Balaban J connectivity index is 2.02. The molecule has 0 aliphatic carbocycles. The van der Waals surface area contributed by atoms with Gasteiger partial charge in [-0.15, -0.1) is 21.5 Å². The second-order valence-corrected chi connectivity index (χ2v) is 8.00. The minimum atomic E-state index is -0.0587. The van der Waals surface area contributed by atoms with Crippen molar-refractivity contribution in [2.75, 3.05) is 0 Å². The number of nitrogens with zero attached hydrogens (tertiary/aromatic N) is 3. The molecule has 0 saturated heterocycles. The molecule has 0 aliphatic rings. The number of hydrogen-bond donors (Lipinski definition) is 1. The number of aromatic amines is 1. The van der Waals surface area contributed by atoms with Crippen LogP contribution in [-0.2, 0) is 0 Å². The maximum absolute atomic E-state index is 12.2. The number of thiophene rings is 1. The Bertz CT molecular complexity index is 806. The van der Waals surface area contributed by atoms with E-state index in [9.17, 15) is 4.79 Å². The summed E-state index contributed by atoms with van der Waals surface area (Å²) >= 11 is 4.60. The molecule has 1 atom stereocenters. The molecule has 0 spiro atoms. The molecule has 3 aromatic rings. The molecule has 0 radical (unpaired) electrons. The van der Waals surface area contributed by atoms with E-state index in [4.69, 9.17) is 0 Å². The van der Waals surface area contributed by atoms with E-state index >= 15 is 0 Å². The summed E-state index contributed by atoms with van der Waals surface area (Å²) in [6.07, 6.45) is 0. The monoisotopic (exact) mass is 324 g/mol. The van der Waals surface area contributed by atoms with Crippen molar-refractivity contribution in [2.24, 2.45) is 0 Å². The quantitative estimate of drug-likeness (QED) is 0.748. The van der Waals surface area contributed by atoms with Gasteiger partial charge < -0.3 is 4.98 Å². The van der Waals surface area contributed by atoms with Gasteiger partial charge in [-0.2, -0.15) is 0 Å². The standard InChI is InChI=1S/C12H12N4OS3/c1-5-6(2)19-11-8(5)10(17)14-9(15-11)7(3)20-12-16-13-4-18-12/h4,7H,1-3H3,(H,14,15,17). The number of hydrogen-bond acceptors (Lipinski definition) is 7. The Labute approximate surface area is 127 Å². The zero-order chi connectivity index (χ0) is 14.3. The van der Waals surface area contributed by atoms with E-state index in [1.54, 1.807) is 28.6 Å². The largest absolute Gasteiger partial charge is 0.309 e. The number of rotatable bonds is 3. The van der Waals surface area contributed by atoms with E-state index in [0.29, 0.717) is 11.2 Å². The topological polar surface area (TPSA) is 71.5 Å². The van der Waals surface area contributed by atoms with Crippen molar-refractivity contribution in [3.8, 4) is 0 Å².